The van der Waals surface area contributed by atoms with E-state index in [-0.39, 0.29) is 6.10 Å². The molecule has 0 aromatic heterocycles. The van der Waals surface area contributed by atoms with Gasteiger partial charge in [0.2, 0.25) is 0 Å². The molecule has 0 bridgehead atoms. The van der Waals surface area contributed by atoms with E-state index in [0.717, 1.165) is 44.6 Å². The molecule has 1 fully saturated rings. The Morgan fingerprint density at radius 3 is 2.80 bits per heavy atom. The standard InChI is InChI=1S/C21H34N2O2/c1-2-3-12-20(25-21(22)24)14-13-17-10-7-11-19(15-17)23-16-18-8-5-4-6-9-18/h7,10-11,15,18,20,23H,2-6,8-9,12-14,16H2,1H3,(H2,22,24). The maximum Gasteiger partial charge on any atom is 0.404 e. The Bertz CT molecular complexity index is 512. The van der Waals surface area contributed by atoms with Crippen LogP contribution in [0.25, 0.3) is 0 Å². The molecule has 1 unspecified atom stereocenters. The Morgan fingerprint density at radius 1 is 1.28 bits per heavy atom. The highest BCUT2D eigenvalue weighted by molar-refractivity contribution is 5.64. The number of primary amides is 1. The van der Waals surface area contributed by atoms with Gasteiger partial charge in [-0.2, -0.15) is 0 Å². The Balaban J connectivity index is 1.81. The van der Waals surface area contributed by atoms with E-state index in [2.05, 4.69) is 36.5 Å². The van der Waals surface area contributed by atoms with Crippen molar-refractivity contribution >= 4 is 11.8 Å². The highest BCUT2D eigenvalue weighted by Crippen LogP contribution is 2.24. The third-order valence-corrected chi connectivity index (χ3v) is 5.16. The van der Waals surface area contributed by atoms with Gasteiger partial charge in [0.15, 0.2) is 0 Å². The lowest BCUT2D eigenvalue weighted by molar-refractivity contribution is 0.0945. The van der Waals surface area contributed by atoms with Gasteiger partial charge in [0.1, 0.15) is 6.10 Å². The Hall–Kier alpha value is -1.71. The van der Waals surface area contributed by atoms with Crippen molar-refractivity contribution in [3.05, 3.63) is 29.8 Å². The maximum absolute atomic E-state index is 11.1. The number of carbonyl (C=O) groups excluding carboxylic acids is 1. The summed E-state index contributed by atoms with van der Waals surface area (Å²) in [6.07, 6.45) is 10.9. The molecular formula is C21H34N2O2. The lowest BCUT2D eigenvalue weighted by Crippen LogP contribution is -2.23. The zero-order chi connectivity index (χ0) is 17.9. The number of nitrogens with two attached hydrogens (primary N) is 1. The van der Waals surface area contributed by atoms with Crippen molar-refractivity contribution in [3.63, 3.8) is 0 Å². The van der Waals surface area contributed by atoms with Crippen LogP contribution in [0, 0.1) is 5.92 Å². The van der Waals surface area contributed by atoms with Gasteiger partial charge < -0.3 is 15.8 Å². The molecule has 4 nitrogen and oxygen atoms in total. The van der Waals surface area contributed by atoms with Gasteiger partial charge in [-0.15, -0.1) is 0 Å². The van der Waals surface area contributed by atoms with Gasteiger partial charge in [0.05, 0.1) is 0 Å². The number of unbranched alkanes of at least 4 members (excludes halogenated alkanes) is 1. The number of benzene rings is 1. The van der Waals surface area contributed by atoms with E-state index in [9.17, 15) is 4.79 Å². The van der Waals surface area contributed by atoms with Crippen molar-refractivity contribution in [3.8, 4) is 0 Å². The molecule has 1 saturated carbocycles. The number of ether oxygens (including phenoxy) is 1. The number of nitrogens with one attached hydrogen (secondary N) is 1. The van der Waals surface area contributed by atoms with Gasteiger partial charge in [-0.3, -0.25) is 0 Å². The molecule has 0 spiro atoms. The second kappa shape index (κ2) is 11.0. The van der Waals surface area contributed by atoms with Crippen LogP contribution in [-0.2, 0) is 11.2 Å². The van der Waals surface area contributed by atoms with E-state index in [1.165, 1.54) is 43.4 Å². The minimum Gasteiger partial charge on any atom is -0.446 e. The highest BCUT2D eigenvalue weighted by atomic mass is 16.6. The zero-order valence-electron chi connectivity index (χ0n) is 15.6. The number of anilines is 1. The summed E-state index contributed by atoms with van der Waals surface area (Å²) in [6.45, 7) is 3.22. The second-order valence-electron chi connectivity index (χ2n) is 7.33. The molecule has 0 radical (unpaired) electrons. The molecule has 1 atom stereocenters. The van der Waals surface area contributed by atoms with Gasteiger partial charge in [0.25, 0.3) is 0 Å². The lowest BCUT2D eigenvalue weighted by atomic mass is 9.89. The largest absolute Gasteiger partial charge is 0.446 e. The third kappa shape index (κ3) is 7.80. The van der Waals surface area contributed by atoms with E-state index >= 15 is 0 Å². The number of aryl methyl sites for hydroxylation is 1. The van der Waals surface area contributed by atoms with Crippen LogP contribution < -0.4 is 11.1 Å². The fourth-order valence-corrected chi connectivity index (χ4v) is 3.68. The first-order chi connectivity index (χ1) is 12.2. The van der Waals surface area contributed by atoms with E-state index in [4.69, 9.17) is 10.5 Å². The quantitative estimate of drug-likeness (QED) is 0.607. The van der Waals surface area contributed by atoms with Gasteiger partial charge >= 0.3 is 6.09 Å². The molecule has 0 saturated heterocycles. The summed E-state index contributed by atoms with van der Waals surface area (Å²) < 4.78 is 5.25. The summed E-state index contributed by atoms with van der Waals surface area (Å²) >= 11 is 0. The second-order valence-corrected chi connectivity index (χ2v) is 7.33. The Morgan fingerprint density at radius 2 is 2.08 bits per heavy atom. The minimum atomic E-state index is -0.663. The number of hydrogen-bond donors (Lipinski definition) is 2. The molecule has 1 aromatic carbocycles. The van der Waals surface area contributed by atoms with E-state index in [0.29, 0.717) is 0 Å². The summed E-state index contributed by atoms with van der Waals surface area (Å²) in [6, 6.07) is 8.62. The van der Waals surface area contributed by atoms with Crippen molar-refractivity contribution < 1.29 is 9.53 Å². The first kappa shape index (κ1) is 19.6. The maximum atomic E-state index is 11.1. The summed E-state index contributed by atoms with van der Waals surface area (Å²) in [7, 11) is 0. The topological polar surface area (TPSA) is 64.3 Å². The SMILES string of the molecule is CCCCC(CCc1cccc(NCC2CCCCC2)c1)OC(N)=O. The van der Waals surface area contributed by atoms with Crippen LogP contribution in [0.1, 0.15) is 70.3 Å². The fourth-order valence-electron chi connectivity index (χ4n) is 3.68. The van der Waals surface area contributed by atoms with E-state index < -0.39 is 6.09 Å². The molecular weight excluding hydrogens is 312 g/mol. The summed E-state index contributed by atoms with van der Waals surface area (Å²) in [5, 5.41) is 3.60. The minimum absolute atomic E-state index is 0.0729. The summed E-state index contributed by atoms with van der Waals surface area (Å²) in [4.78, 5) is 11.1. The predicted octanol–water partition coefficient (Wildman–Crippen LogP) is 5.27. The summed E-state index contributed by atoms with van der Waals surface area (Å²) in [5.74, 6) is 0.819. The van der Waals surface area contributed by atoms with Gasteiger partial charge in [-0.25, -0.2) is 4.79 Å². The van der Waals surface area contributed by atoms with Gasteiger partial charge in [-0.05, 0) is 55.7 Å². The summed E-state index contributed by atoms with van der Waals surface area (Å²) in [5.41, 5.74) is 7.68. The van der Waals surface area contributed by atoms with Crippen LogP contribution in [0.3, 0.4) is 0 Å². The number of carbonyl (C=O) groups is 1. The molecule has 1 aromatic rings. The molecule has 25 heavy (non-hydrogen) atoms. The monoisotopic (exact) mass is 346 g/mol. The van der Waals surface area contributed by atoms with E-state index in [1.54, 1.807) is 0 Å². The molecule has 1 aliphatic carbocycles. The number of hydrogen-bond acceptors (Lipinski definition) is 3. The molecule has 1 aliphatic rings. The van der Waals surface area contributed by atoms with Crippen molar-refractivity contribution in [1.29, 1.82) is 0 Å². The van der Waals surface area contributed by atoms with Crippen LogP contribution >= 0.6 is 0 Å². The molecule has 140 valence electrons. The first-order valence-corrected chi connectivity index (χ1v) is 9.96. The third-order valence-electron chi connectivity index (χ3n) is 5.16. The smallest absolute Gasteiger partial charge is 0.404 e. The normalized spacial score (nSPS) is 16.4. The van der Waals surface area contributed by atoms with Crippen LogP contribution in [-0.4, -0.2) is 18.7 Å². The van der Waals surface area contributed by atoms with Crippen LogP contribution in [0.5, 0.6) is 0 Å². The molecule has 0 heterocycles. The fraction of sp³-hybridized carbons (Fsp3) is 0.667. The lowest BCUT2D eigenvalue weighted by Gasteiger charge is -2.22. The first-order valence-electron chi connectivity index (χ1n) is 9.96. The predicted molar refractivity (Wildman–Crippen MR) is 104 cm³/mol. The molecule has 3 N–H and O–H groups in total. The number of amides is 1. The van der Waals surface area contributed by atoms with Crippen molar-refractivity contribution in [2.24, 2.45) is 11.7 Å². The Labute approximate surface area is 152 Å². The van der Waals surface area contributed by atoms with Gasteiger partial charge in [0, 0.05) is 12.2 Å². The average molecular weight is 347 g/mol. The van der Waals surface area contributed by atoms with Crippen molar-refractivity contribution in [1.82, 2.24) is 0 Å². The van der Waals surface area contributed by atoms with Crippen LogP contribution in [0.2, 0.25) is 0 Å². The van der Waals surface area contributed by atoms with Gasteiger partial charge in [-0.1, -0.05) is 51.2 Å². The van der Waals surface area contributed by atoms with Crippen molar-refractivity contribution in [2.75, 3.05) is 11.9 Å². The average Bonchev–Trinajstić information content (AvgIpc) is 2.63. The molecule has 0 aliphatic heterocycles. The van der Waals surface area contributed by atoms with E-state index in [1.807, 2.05) is 0 Å². The number of rotatable bonds is 10. The Kier molecular flexibility index (Phi) is 8.64. The van der Waals surface area contributed by atoms with Crippen LogP contribution in [0.15, 0.2) is 24.3 Å². The molecule has 4 heteroatoms. The molecule has 1 amide bonds. The molecule has 2 rings (SSSR count). The van der Waals surface area contributed by atoms with Crippen LogP contribution in [0.4, 0.5) is 10.5 Å². The van der Waals surface area contributed by atoms with Crippen molar-refractivity contribution in [2.45, 2.75) is 77.2 Å². The zero-order valence-corrected chi connectivity index (χ0v) is 15.6. The highest BCUT2D eigenvalue weighted by Gasteiger charge is 2.14.